The molecular weight excluding hydrogens is 199 g/mol. The quantitative estimate of drug-likeness (QED) is 0.674. The van der Waals surface area contributed by atoms with Gasteiger partial charge >= 0.3 is 6.18 Å². The van der Waals surface area contributed by atoms with Crippen molar-refractivity contribution in [2.75, 3.05) is 5.32 Å². The van der Waals surface area contributed by atoms with Crippen molar-refractivity contribution in [3.63, 3.8) is 0 Å². The van der Waals surface area contributed by atoms with Gasteiger partial charge in [0.25, 0.3) is 5.56 Å². The Bertz CT molecular complexity index is 411. The van der Waals surface area contributed by atoms with Crippen LogP contribution in [0.25, 0.3) is 0 Å². The number of nitrogens with one attached hydrogen (secondary N) is 1. The van der Waals surface area contributed by atoms with Crippen molar-refractivity contribution in [2.24, 2.45) is 0 Å². The molecule has 1 N–H and O–H groups in total. The van der Waals surface area contributed by atoms with E-state index < -0.39 is 24.3 Å². The highest BCUT2D eigenvalue weighted by Gasteiger charge is 2.43. The fourth-order valence-electron chi connectivity index (χ4n) is 1.30. The van der Waals surface area contributed by atoms with Gasteiger partial charge in [-0.15, -0.1) is 0 Å². The van der Waals surface area contributed by atoms with Gasteiger partial charge in [0.1, 0.15) is 6.04 Å². The van der Waals surface area contributed by atoms with E-state index in [-0.39, 0.29) is 5.95 Å². The third-order valence-electron chi connectivity index (χ3n) is 2.00. The normalized spacial score (nSPS) is 20.4. The van der Waals surface area contributed by atoms with Crippen LogP contribution in [0.1, 0.15) is 0 Å². The van der Waals surface area contributed by atoms with Gasteiger partial charge in [0, 0.05) is 12.3 Å². The Balaban J connectivity index is 2.35. The SMILES string of the molecule is O=c1ccnc2n1CC(C(F)(F)F)N2. The number of rotatable bonds is 0. The number of aromatic nitrogens is 2. The molecule has 0 aromatic carbocycles. The first-order valence-corrected chi connectivity index (χ1v) is 3.87. The summed E-state index contributed by atoms with van der Waals surface area (Å²) in [5.41, 5.74) is -0.478. The van der Waals surface area contributed by atoms with Crippen LogP contribution in [0, 0.1) is 0 Å². The van der Waals surface area contributed by atoms with E-state index in [1.165, 1.54) is 6.20 Å². The fraction of sp³-hybridized carbons (Fsp3) is 0.429. The molecule has 0 fully saturated rings. The Morgan fingerprint density at radius 2 is 2.29 bits per heavy atom. The molecule has 1 aromatic rings. The molecule has 1 unspecified atom stereocenters. The predicted molar refractivity (Wildman–Crippen MR) is 42.0 cm³/mol. The van der Waals surface area contributed by atoms with Crippen molar-refractivity contribution in [1.82, 2.24) is 9.55 Å². The van der Waals surface area contributed by atoms with E-state index in [1.54, 1.807) is 0 Å². The van der Waals surface area contributed by atoms with Crippen molar-refractivity contribution >= 4 is 5.95 Å². The monoisotopic (exact) mass is 205 g/mol. The first-order chi connectivity index (χ1) is 6.48. The molecule has 0 spiro atoms. The summed E-state index contributed by atoms with van der Waals surface area (Å²) in [5.74, 6) is -0.0279. The maximum Gasteiger partial charge on any atom is 0.410 e. The van der Waals surface area contributed by atoms with E-state index in [0.29, 0.717) is 0 Å². The molecule has 0 radical (unpaired) electrons. The largest absolute Gasteiger partial charge is 0.410 e. The molecule has 1 aliphatic rings. The van der Waals surface area contributed by atoms with Crippen LogP contribution in [0.3, 0.4) is 0 Å². The number of hydrogen-bond acceptors (Lipinski definition) is 3. The van der Waals surface area contributed by atoms with Crippen molar-refractivity contribution in [3.05, 3.63) is 22.6 Å². The summed E-state index contributed by atoms with van der Waals surface area (Å²) in [7, 11) is 0. The topological polar surface area (TPSA) is 46.9 Å². The summed E-state index contributed by atoms with van der Waals surface area (Å²) in [4.78, 5) is 14.7. The van der Waals surface area contributed by atoms with Gasteiger partial charge in [-0.3, -0.25) is 9.36 Å². The molecule has 1 atom stereocenters. The van der Waals surface area contributed by atoms with Crippen LogP contribution in [-0.2, 0) is 6.54 Å². The highest BCUT2D eigenvalue weighted by atomic mass is 19.4. The van der Waals surface area contributed by atoms with E-state index in [4.69, 9.17) is 0 Å². The zero-order valence-electron chi connectivity index (χ0n) is 6.88. The lowest BCUT2D eigenvalue weighted by molar-refractivity contribution is -0.142. The molecule has 0 saturated heterocycles. The molecule has 0 bridgehead atoms. The molecule has 4 nitrogen and oxygen atoms in total. The maximum absolute atomic E-state index is 12.3. The highest BCUT2D eigenvalue weighted by Crippen LogP contribution is 2.27. The average molecular weight is 205 g/mol. The van der Waals surface area contributed by atoms with Crippen LogP contribution in [0.4, 0.5) is 19.1 Å². The minimum Gasteiger partial charge on any atom is -0.342 e. The summed E-state index contributed by atoms with van der Waals surface area (Å²) >= 11 is 0. The smallest absolute Gasteiger partial charge is 0.342 e. The van der Waals surface area contributed by atoms with E-state index in [2.05, 4.69) is 10.3 Å². The van der Waals surface area contributed by atoms with Gasteiger partial charge in [-0.1, -0.05) is 0 Å². The van der Waals surface area contributed by atoms with Crippen LogP contribution in [0.2, 0.25) is 0 Å². The summed E-state index contributed by atoms with van der Waals surface area (Å²) in [6, 6.07) is -0.589. The molecule has 0 amide bonds. The van der Waals surface area contributed by atoms with Crippen LogP contribution < -0.4 is 10.9 Å². The fourth-order valence-corrected chi connectivity index (χ4v) is 1.30. The van der Waals surface area contributed by atoms with E-state index in [9.17, 15) is 18.0 Å². The Kier molecular flexibility index (Phi) is 1.76. The van der Waals surface area contributed by atoms with Crippen LogP contribution in [0.5, 0.6) is 0 Å². The number of anilines is 1. The summed E-state index contributed by atoms with van der Waals surface area (Å²) < 4.78 is 37.7. The summed E-state index contributed by atoms with van der Waals surface area (Å²) in [6.07, 6.45) is -3.18. The highest BCUT2D eigenvalue weighted by molar-refractivity contribution is 5.32. The zero-order valence-corrected chi connectivity index (χ0v) is 6.88. The van der Waals surface area contributed by atoms with Gasteiger partial charge in [-0.05, 0) is 0 Å². The van der Waals surface area contributed by atoms with Crippen molar-refractivity contribution in [1.29, 1.82) is 0 Å². The van der Waals surface area contributed by atoms with Crippen LogP contribution >= 0.6 is 0 Å². The van der Waals surface area contributed by atoms with Crippen molar-refractivity contribution in [2.45, 2.75) is 18.8 Å². The molecule has 2 rings (SSSR count). The van der Waals surface area contributed by atoms with Crippen LogP contribution in [-0.4, -0.2) is 21.8 Å². The van der Waals surface area contributed by atoms with E-state index >= 15 is 0 Å². The third kappa shape index (κ3) is 1.34. The maximum atomic E-state index is 12.3. The molecule has 76 valence electrons. The second kappa shape index (κ2) is 2.73. The second-order valence-electron chi connectivity index (χ2n) is 2.96. The van der Waals surface area contributed by atoms with Gasteiger partial charge in [-0.25, -0.2) is 4.98 Å². The number of hydrogen-bond donors (Lipinski definition) is 1. The first-order valence-electron chi connectivity index (χ1n) is 3.87. The molecule has 1 aromatic heterocycles. The van der Waals surface area contributed by atoms with Gasteiger partial charge in [0.05, 0.1) is 6.54 Å². The van der Waals surface area contributed by atoms with Gasteiger partial charge in [-0.2, -0.15) is 13.2 Å². The molecular formula is C7H6F3N3O. The number of fused-ring (bicyclic) bond motifs is 1. The Morgan fingerprint density at radius 1 is 1.57 bits per heavy atom. The molecule has 2 heterocycles. The Hall–Kier alpha value is -1.53. The number of alkyl halides is 3. The lowest BCUT2D eigenvalue weighted by atomic mass is 10.3. The second-order valence-corrected chi connectivity index (χ2v) is 2.96. The number of nitrogens with zero attached hydrogens (tertiary/aromatic N) is 2. The summed E-state index contributed by atoms with van der Waals surface area (Å²) in [6.45, 7) is -0.411. The minimum absolute atomic E-state index is 0.0279. The first kappa shape index (κ1) is 9.04. The molecule has 0 aliphatic carbocycles. The third-order valence-corrected chi connectivity index (χ3v) is 2.00. The molecule has 0 saturated carbocycles. The number of halogens is 3. The van der Waals surface area contributed by atoms with Crippen molar-refractivity contribution in [3.8, 4) is 0 Å². The standard InChI is InChI=1S/C7H6F3N3O/c8-7(9,10)4-3-13-5(14)1-2-11-6(13)12-4/h1-2,4H,3H2,(H,11,12). The average Bonchev–Trinajstić information content (AvgIpc) is 2.48. The predicted octanol–water partition coefficient (Wildman–Crippen LogP) is 0.600. The molecule has 7 heteroatoms. The molecule has 14 heavy (non-hydrogen) atoms. The lowest BCUT2D eigenvalue weighted by Gasteiger charge is -2.13. The zero-order chi connectivity index (χ0) is 10.3. The van der Waals surface area contributed by atoms with Gasteiger partial charge < -0.3 is 5.32 Å². The van der Waals surface area contributed by atoms with Gasteiger partial charge in [0.15, 0.2) is 0 Å². The minimum atomic E-state index is -4.36. The molecule has 1 aliphatic heterocycles. The van der Waals surface area contributed by atoms with Crippen LogP contribution in [0.15, 0.2) is 17.1 Å². The van der Waals surface area contributed by atoms with Gasteiger partial charge in [0.2, 0.25) is 5.95 Å². The van der Waals surface area contributed by atoms with Crippen molar-refractivity contribution < 1.29 is 13.2 Å². The Labute approximate surface area is 76.4 Å². The Morgan fingerprint density at radius 3 is 2.86 bits per heavy atom. The lowest BCUT2D eigenvalue weighted by Crippen LogP contribution is -2.35. The van der Waals surface area contributed by atoms with E-state index in [1.807, 2.05) is 0 Å². The van der Waals surface area contributed by atoms with E-state index in [0.717, 1.165) is 10.6 Å². The summed E-state index contributed by atoms with van der Waals surface area (Å²) in [5, 5.41) is 2.14.